The number of hydrogen-bond acceptors (Lipinski definition) is 3. The Labute approximate surface area is 107 Å². The van der Waals surface area contributed by atoms with Gasteiger partial charge in [-0.2, -0.15) is 0 Å². The van der Waals surface area contributed by atoms with Crippen LogP contribution in [-0.4, -0.2) is 24.5 Å². The molecule has 18 heavy (non-hydrogen) atoms. The molecule has 0 saturated heterocycles. The van der Waals surface area contributed by atoms with Gasteiger partial charge in [-0.25, -0.2) is 8.42 Å². The van der Waals surface area contributed by atoms with Crippen LogP contribution in [-0.2, 0) is 16.4 Å². The zero-order valence-corrected chi connectivity index (χ0v) is 11.3. The van der Waals surface area contributed by atoms with Crippen molar-refractivity contribution in [1.29, 1.82) is 0 Å². The molecular formula is C13H18N2O2S. The fourth-order valence-corrected chi connectivity index (χ4v) is 2.90. The predicted octanol–water partition coefficient (Wildman–Crippen LogP) is 2.05. The number of nitrogen functional groups attached to an aromatic ring is 1. The second-order valence-electron chi connectivity index (χ2n) is 4.38. The van der Waals surface area contributed by atoms with E-state index in [-0.39, 0.29) is 11.5 Å². The summed E-state index contributed by atoms with van der Waals surface area (Å²) in [6, 6.07) is 7.75. The highest BCUT2D eigenvalue weighted by atomic mass is 32.2. The molecule has 98 valence electrons. The van der Waals surface area contributed by atoms with E-state index in [0.29, 0.717) is 13.0 Å². The molecule has 0 aliphatic rings. The van der Waals surface area contributed by atoms with Crippen molar-refractivity contribution in [3.05, 3.63) is 30.5 Å². The lowest BCUT2D eigenvalue weighted by molar-refractivity contribution is 0.589. The molecule has 0 atom stereocenters. The lowest BCUT2D eigenvalue weighted by atomic mass is 10.2. The van der Waals surface area contributed by atoms with Gasteiger partial charge in [-0.3, -0.25) is 0 Å². The van der Waals surface area contributed by atoms with Gasteiger partial charge < -0.3 is 10.3 Å². The van der Waals surface area contributed by atoms with Gasteiger partial charge in [0.25, 0.3) is 0 Å². The Balaban J connectivity index is 2.11. The third-order valence-electron chi connectivity index (χ3n) is 3.14. The standard InChI is InChI=1S/C13H18N2O2S/c1-2-18(16,17)10-4-8-15-9-7-11-12(14)5-3-6-13(11)15/h3,5-7,9H,2,4,8,10,14H2,1H3. The minimum atomic E-state index is -2.87. The molecule has 2 N–H and O–H groups in total. The first-order valence-electron chi connectivity index (χ1n) is 6.07. The smallest absolute Gasteiger partial charge is 0.150 e. The van der Waals surface area contributed by atoms with Gasteiger partial charge in [0.05, 0.1) is 11.3 Å². The predicted molar refractivity (Wildman–Crippen MR) is 75.3 cm³/mol. The molecule has 0 aliphatic carbocycles. The number of hydrogen-bond donors (Lipinski definition) is 1. The van der Waals surface area contributed by atoms with E-state index in [1.165, 1.54) is 0 Å². The lowest BCUT2D eigenvalue weighted by Gasteiger charge is -2.06. The SMILES string of the molecule is CCS(=O)(=O)CCCn1ccc2c(N)cccc21. The Bertz CT molecular complexity index is 644. The molecule has 0 saturated carbocycles. The first-order chi connectivity index (χ1) is 8.53. The highest BCUT2D eigenvalue weighted by molar-refractivity contribution is 7.91. The van der Waals surface area contributed by atoms with E-state index in [2.05, 4.69) is 4.57 Å². The average molecular weight is 266 g/mol. The summed E-state index contributed by atoms with van der Waals surface area (Å²) in [6.07, 6.45) is 2.59. The molecular weight excluding hydrogens is 248 g/mol. The number of aryl methyl sites for hydroxylation is 1. The van der Waals surface area contributed by atoms with Gasteiger partial charge in [0.2, 0.25) is 0 Å². The van der Waals surface area contributed by atoms with Crippen LogP contribution in [0, 0.1) is 0 Å². The molecule has 4 nitrogen and oxygen atoms in total. The van der Waals surface area contributed by atoms with Crippen LogP contribution in [0.2, 0.25) is 0 Å². The Kier molecular flexibility index (Phi) is 3.61. The van der Waals surface area contributed by atoms with E-state index in [4.69, 9.17) is 5.73 Å². The average Bonchev–Trinajstić information content (AvgIpc) is 2.74. The zero-order valence-electron chi connectivity index (χ0n) is 10.5. The minimum absolute atomic E-state index is 0.215. The number of nitrogens with zero attached hydrogens (tertiary/aromatic N) is 1. The van der Waals surface area contributed by atoms with Crippen LogP contribution in [0.15, 0.2) is 30.5 Å². The molecule has 2 rings (SSSR count). The maximum Gasteiger partial charge on any atom is 0.150 e. The molecule has 1 aromatic carbocycles. The van der Waals surface area contributed by atoms with Gasteiger partial charge in [-0.05, 0) is 24.6 Å². The van der Waals surface area contributed by atoms with Gasteiger partial charge in [0.1, 0.15) is 9.84 Å². The van der Waals surface area contributed by atoms with Crippen LogP contribution in [0.5, 0.6) is 0 Å². The number of aromatic nitrogens is 1. The zero-order chi connectivity index (χ0) is 13.2. The van der Waals surface area contributed by atoms with Gasteiger partial charge in [-0.15, -0.1) is 0 Å². The fourth-order valence-electron chi connectivity index (χ4n) is 2.04. The van der Waals surface area contributed by atoms with Crippen LogP contribution in [0.25, 0.3) is 10.9 Å². The molecule has 0 bridgehead atoms. The summed E-state index contributed by atoms with van der Waals surface area (Å²) >= 11 is 0. The number of nitrogens with two attached hydrogens (primary N) is 1. The maximum atomic E-state index is 11.4. The van der Waals surface area contributed by atoms with E-state index in [0.717, 1.165) is 16.6 Å². The number of rotatable bonds is 5. The van der Waals surface area contributed by atoms with Crippen molar-refractivity contribution in [2.75, 3.05) is 17.2 Å². The van der Waals surface area contributed by atoms with Gasteiger partial charge in [0, 0.05) is 29.6 Å². The number of benzene rings is 1. The van der Waals surface area contributed by atoms with Crippen LogP contribution in [0.4, 0.5) is 5.69 Å². The molecule has 1 aromatic heterocycles. The summed E-state index contributed by atoms with van der Waals surface area (Å²) in [5, 5.41) is 1.02. The third-order valence-corrected chi connectivity index (χ3v) is 4.93. The molecule has 0 aliphatic heterocycles. The van der Waals surface area contributed by atoms with Crippen LogP contribution >= 0.6 is 0 Å². The summed E-state index contributed by atoms with van der Waals surface area (Å²) in [4.78, 5) is 0. The first kappa shape index (κ1) is 13.0. The number of anilines is 1. The normalized spacial score (nSPS) is 12.1. The van der Waals surface area contributed by atoms with Crippen molar-refractivity contribution >= 4 is 26.4 Å². The summed E-state index contributed by atoms with van der Waals surface area (Å²) in [7, 11) is -2.87. The lowest BCUT2D eigenvalue weighted by Crippen LogP contribution is -2.11. The highest BCUT2D eigenvalue weighted by Gasteiger charge is 2.08. The Hall–Kier alpha value is -1.49. The van der Waals surface area contributed by atoms with Crippen molar-refractivity contribution in [1.82, 2.24) is 4.57 Å². The summed E-state index contributed by atoms with van der Waals surface area (Å²) in [6.45, 7) is 2.38. The van der Waals surface area contributed by atoms with Gasteiger partial charge in [-0.1, -0.05) is 13.0 Å². The molecule has 2 aromatic rings. The molecule has 5 heteroatoms. The summed E-state index contributed by atoms with van der Waals surface area (Å²) < 4.78 is 24.9. The monoisotopic (exact) mass is 266 g/mol. The van der Waals surface area contributed by atoms with Crippen molar-refractivity contribution < 1.29 is 8.42 Å². The van der Waals surface area contributed by atoms with Crippen molar-refractivity contribution in [2.45, 2.75) is 19.9 Å². The number of fused-ring (bicyclic) bond motifs is 1. The fraction of sp³-hybridized carbons (Fsp3) is 0.385. The van der Waals surface area contributed by atoms with Gasteiger partial charge in [0.15, 0.2) is 0 Å². The number of sulfone groups is 1. The molecule has 0 unspecified atom stereocenters. The summed E-state index contributed by atoms with van der Waals surface area (Å²) in [5.41, 5.74) is 7.70. The van der Waals surface area contributed by atoms with Crippen LogP contribution in [0.3, 0.4) is 0 Å². The minimum Gasteiger partial charge on any atom is -0.398 e. The maximum absolute atomic E-state index is 11.4. The largest absolute Gasteiger partial charge is 0.398 e. The van der Waals surface area contributed by atoms with E-state index < -0.39 is 9.84 Å². The van der Waals surface area contributed by atoms with E-state index in [9.17, 15) is 8.42 Å². The van der Waals surface area contributed by atoms with Crippen LogP contribution in [0.1, 0.15) is 13.3 Å². The van der Waals surface area contributed by atoms with Crippen molar-refractivity contribution in [3.63, 3.8) is 0 Å². The summed E-state index contributed by atoms with van der Waals surface area (Å²) in [5.74, 6) is 0.456. The van der Waals surface area contributed by atoms with Crippen molar-refractivity contribution in [3.8, 4) is 0 Å². The Morgan fingerprint density at radius 1 is 1.28 bits per heavy atom. The molecule has 0 radical (unpaired) electrons. The quantitative estimate of drug-likeness (QED) is 0.842. The topological polar surface area (TPSA) is 65.1 Å². The van der Waals surface area contributed by atoms with E-state index in [1.807, 2.05) is 30.5 Å². The molecule has 0 fully saturated rings. The molecule has 0 amide bonds. The van der Waals surface area contributed by atoms with Crippen LogP contribution < -0.4 is 5.73 Å². The van der Waals surface area contributed by atoms with Crippen molar-refractivity contribution in [2.24, 2.45) is 0 Å². The first-order valence-corrected chi connectivity index (χ1v) is 7.89. The van der Waals surface area contributed by atoms with E-state index in [1.54, 1.807) is 6.92 Å². The second-order valence-corrected chi connectivity index (χ2v) is 6.85. The van der Waals surface area contributed by atoms with Gasteiger partial charge >= 0.3 is 0 Å². The molecule has 1 heterocycles. The Morgan fingerprint density at radius 2 is 2.06 bits per heavy atom. The second kappa shape index (κ2) is 5.02. The highest BCUT2D eigenvalue weighted by Crippen LogP contribution is 2.22. The third kappa shape index (κ3) is 2.67. The Morgan fingerprint density at radius 3 is 2.78 bits per heavy atom. The molecule has 0 spiro atoms. The van der Waals surface area contributed by atoms with E-state index >= 15 is 0 Å².